The minimum absolute atomic E-state index is 0.176. The molecule has 10 heteroatoms. The van der Waals surface area contributed by atoms with Crippen LogP contribution in [0.3, 0.4) is 0 Å². The third-order valence-corrected chi connectivity index (χ3v) is 4.54. The highest BCUT2D eigenvalue weighted by Crippen LogP contribution is 2.33. The second-order valence-corrected chi connectivity index (χ2v) is 7.02. The second kappa shape index (κ2) is 8.89. The quantitative estimate of drug-likeness (QED) is 0.303. The summed E-state index contributed by atoms with van der Waals surface area (Å²) in [6, 6.07) is 12.4. The van der Waals surface area contributed by atoms with Gasteiger partial charge in [-0.25, -0.2) is 5.43 Å². The molecule has 0 spiro atoms. The molecule has 148 valence electrons. The fourth-order valence-corrected chi connectivity index (χ4v) is 3.03. The molecule has 1 amide bonds. The van der Waals surface area contributed by atoms with Gasteiger partial charge < -0.3 is 9.15 Å². The largest absolute Gasteiger partial charge is 0.496 e. The van der Waals surface area contributed by atoms with Gasteiger partial charge in [-0.2, -0.15) is 5.10 Å². The summed E-state index contributed by atoms with van der Waals surface area (Å²) in [6.45, 7) is 0. The molecule has 0 fully saturated rings. The van der Waals surface area contributed by atoms with Crippen LogP contribution in [0.5, 0.6) is 5.75 Å². The Hall–Kier alpha value is -3.17. The monoisotopic (exact) mass is 477 g/mol. The van der Waals surface area contributed by atoms with Gasteiger partial charge in [0.2, 0.25) is 0 Å². The van der Waals surface area contributed by atoms with Crippen molar-refractivity contribution in [3.63, 3.8) is 0 Å². The van der Waals surface area contributed by atoms with Gasteiger partial charge in [-0.3, -0.25) is 14.9 Å². The first-order valence-electron chi connectivity index (χ1n) is 8.10. The van der Waals surface area contributed by atoms with Crippen LogP contribution in [0.2, 0.25) is 5.02 Å². The van der Waals surface area contributed by atoms with E-state index in [1.165, 1.54) is 31.5 Å². The number of nitro benzene ring substituents is 1. The number of methoxy groups -OCH3 is 1. The predicted molar refractivity (Wildman–Crippen MR) is 112 cm³/mol. The number of hydrogen-bond acceptors (Lipinski definition) is 6. The van der Waals surface area contributed by atoms with E-state index in [2.05, 4.69) is 26.5 Å². The summed E-state index contributed by atoms with van der Waals surface area (Å²) in [6.07, 6.45) is 1.29. The number of amides is 1. The zero-order chi connectivity index (χ0) is 21.0. The van der Waals surface area contributed by atoms with Gasteiger partial charge in [0, 0.05) is 15.6 Å². The van der Waals surface area contributed by atoms with Crippen LogP contribution in [0.1, 0.15) is 16.1 Å². The molecule has 0 aliphatic heterocycles. The van der Waals surface area contributed by atoms with Crippen LogP contribution in [-0.4, -0.2) is 24.2 Å². The van der Waals surface area contributed by atoms with Gasteiger partial charge in [-0.15, -0.1) is 0 Å². The average molecular weight is 479 g/mol. The van der Waals surface area contributed by atoms with Gasteiger partial charge in [-0.1, -0.05) is 27.5 Å². The molecule has 0 radical (unpaired) electrons. The van der Waals surface area contributed by atoms with E-state index in [0.717, 1.165) is 0 Å². The Morgan fingerprint density at radius 2 is 2.07 bits per heavy atom. The van der Waals surface area contributed by atoms with Crippen molar-refractivity contribution >= 4 is 45.3 Å². The second-order valence-electron chi connectivity index (χ2n) is 5.66. The Morgan fingerprint density at radius 3 is 2.79 bits per heavy atom. The van der Waals surface area contributed by atoms with Crippen LogP contribution >= 0.6 is 27.5 Å². The highest BCUT2D eigenvalue weighted by Gasteiger charge is 2.18. The highest BCUT2D eigenvalue weighted by atomic mass is 79.9. The number of benzene rings is 2. The summed E-state index contributed by atoms with van der Waals surface area (Å²) in [5, 5.41) is 15.3. The topological polar surface area (TPSA) is 107 Å². The maximum absolute atomic E-state index is 12.3. The number of furan rings is 1. The molecular weight excluding hydrogens is 466 g/mol. The first-order valence-corrected chi connectivity index (χ1v) is 9.27. The molecule has 0 saturated carbocycles. The molecule has 29 heavy (non-hydrogen) atoms. The molecule has 1 heterocycles. The third-order valence-electron chi connectivity index (χ3n) is 3.81. The predicted octanol–water partition coefficient (Wildman–Crippen LogP) is 5.04. The number of carbonyl (C=O) groups is 1. The zero-order valence-corrected chi connectivity index (χ0v) is 17.2. The van der Waals surface area contributed by atoms with E-state index in [-0.39, 0.29) is 22.0 Å². The number of nitro groups is 1. The molecule has 1 aromatic heterocycles. The number of rotatable bonds is 6. The van der Waals surface area contributed by atoms with E-state index in [0.29, 0.717) is 21.5 Å². The van der Waals surface area contributed by atoms with Crippen LogP contribution in [0.4, 0.5) is 5.69 Å². The fourth-order valence-electron chi connectivity index (χ4n) is 2.50. The summed E-state index contributed by atoms with van der Waals surface area (Å²) in [5.41, 5.74) is 2.79. The van der Waals surface area contributed by atoms with Crippen molar-refractivity contribution in [2.75, 3.05) is 7.11 Å². The van der Waals surface area contributed by atoms with Crippen molar-refractivity contribution in [2.24, 2.45) is 5.10 Å². The van der Waals surface area contributed by atoms with Gasteiger partial charge in [-0.05, 0) is 42.5 Å². The smallest absolute Gasteiger partial charge is 0.281 e. The number of nitrogens with zero attached hydrogens (tertiary/aromatic N) is 2. The van der Waals surface area contributed by atoms with Crippen LogP contribution in [0.15, 0.2) is 62.5 Å². The number of carbonyl (C=O) groups excluding carboxylic acids is 1. The van der Waals surface area contributed by atoms with Crippen LogP contribution in [0.25, 0.3) is 11.3 Å². The molecule has 0 aliphatic carbocycles. The highest BCUT2D eigenvalue weighted by molar-refractivity contribution is 9.10. The van der Waals surface area contributed by atoms with Crippen molar-refractivity contribution in [3.8, 4) is 17.1 Å². The molecule has 3 aromatic rings. The number of hydrogen-bond donors (Lipinski definition) is 1. The van der Waals surface area contributed by atoms with E-state index >= 15 is 0 Å². The Bertz CT molecular complexity index is 1110. The first-order chi connectivity index (χ1) is 13.9. The maximum atomic E-state index is 12.3. The Kier molecular flexibility index (Phi) is 6.30. The SMILES string of the molecule is COc1ccc(Br)cc1C(=O)N/N=C\c1ccc(-c2ccc(Cl)cc2[N+](=O)[O-])o1. The van der Waals surface area contributed by atoms with Gasteiger partial charge in [0.1, 0.15) is 17.3 Å². The molecule has 8 nitrogen and oxygen atoms in total. The van der Waals surface area contributed by atoms with Gasteiger partial charge >= 0.3 is 0 Å². The van der Waals surface area contributed by atoms with E-state index in [9.17, 15) is 14.9 Å². The van der Waals surface area contributed by atoms with Crippen molar-refractivity contribution in [1.29, 1.82) is 0 Å². The molecular formula is C19H13BrClN3O5. The number of hydrazone groups is 1. The summed E-state index contributed by atoms with van der Waals surface area (Å²) < 4.78 is 11.4. The molecule has 2 aromatic carbocycles. The standard InChI is InChI=1S/C19H13BrClN3O5/c1-28-17-6-2-11(20)8-15(17)19(25)23-22-10-13-4-7-18(29-13)14-5-3-12(21)9-16(14)24(26)27/h2-10H,1H3,(H,23,25)/b22-10-. The van der Waals surface area contributed by atoms with Crippen LogP contribution in [0, 0.1) is 10.1 Å². The summed E-state index contributed by atoms with van der Waals surface area (Å²) in [5.74, 6) is 0.497. The van der Waals surface area contributed by atoms with Crippen molar-refractivity contribution < 1.29 is 18.9 Å². The van der Waals surface area contributed by atoms with E-state index < -0.39 is 10.8 Å². The van der Waals surface area contributed by atoms with E-state index in [4.69, 9.17) is 20.8 Å². The van der Waals surface area contributed by atoms with Crippen LogP contribution < -0.4 is 10.2 Å². The molecule has 0 atom stereocenters. The van der Waals surface area contributed by atoms with Crippen molar-refractivity contribution in [2.45, 2.75) is 0 Å². The molecule has 3 rings (SSSR count). The fraction of sp³-hybridized carbons (Fsp3) is 0.0526. The van der Waals surface area contributed by atoms with Crippen molar-refractivity contribution in [3.05, 3.63) is 79.5 Å². The zero-order valence-electron chi connectivity index (χ0n) is 14.9. The lowest BCUT2D eigenvalue weighted by Crippen LogP contribution is -2.18. The number of nitrogens with one attached hydrogen (secondary N) is 1. The van der Waals surface area contributed by atoms with Gasteiger partial charge in [0.15, 0.2) is 0 Å². The maximum Gasteiger partial charge on any atom is 0.281 e. The molecule has 0 bridgehead atoms. The third kappa shape index (κ3) is 4.82. The average Bonchev–Trinajstić information content (AvgIpc) is 3.16. The minimum Gasteiger partial charge on any atom is -0.496 e. The van der Waals surface area contributed by atoms with E-state index in [1.54, 1.807) is 30.3 Å². The lowest BCUT2D eigenvalue weighted by molar-refractivity contribution is -0.384. The molecule has 0 unspecified atom stereocenters. The Labute approximate surface area is 178 Å². The first kappa shape index (κ1) is 20.6. The number of halogens is 2. The molecule has 1 N–H and O–H groups in total. The molecule has 0 saturated heterocycles. The number of ether oxygens (including phenoxy) is 1. The van der Waals surface area contributed by atoms with Gasteiger partial charge in [0.05, 0.1) is 29.4 Å². The normalized spacial score (nSPS) is 10.9. The Morgan fingerprint density at radius 1 is 1.28 bits per heavy atom. The summed E-state index contributed by atoms with van der Waals surface area (Å²) >= 11 is 9.12. The van der Waals surface area contributed by atoms with Crippen molar-refractivity contribution in [1.82, 2.24) is 5.43 Å². The summed E-state index contributed by atoms with van der Waals surface area (Å²) in [7, 11) is 1.46. The lowest BCUT2D eigenvalue weighted by atomic mass is 10.1. The molecule has 0 aliphatic rings. The van der Waals surface area contributed by atoms with E-state index in [1.807, 2.05) is 0 Å². The minimum atomic E-state index is -0.539. The van der Waals surface area contributed by atoms with Gasteiger partial charge in [0.25, 0.3) is 11.6 Å². The Balaban J connectivity index is 1.76. The summed E-state index contributed by atoms with van der Waals surface area (Å²) in [4.78, 5) is 23.0. The van der Waals surface area contributed by atoms with Crippen LogP contribution in [-0.2, 0) is 0 Å². The lowest BCUT2D eigenvalue weighted by Gasteiger charge is -2.07.